The molecule has 7 nitrogen and oxygen atoms in total. The molecule has 142 valence electrons. The number of nitrogens with zero attached hydrogens (tertiary/aromatic N) is 5. The molecule has 0 radical (unpaired) electrons. The summed E-state index contributed by atoms with van der Waals surface area (Å²) in [6.45, 7) is 6.56. The zero-order chi connectivity index (χ0) is 19.3. The van der Waals surface area contributed by atoms with E-state index in [4.69, 9.17) is 4.99 Å². The summed E-state index contributed by atoms with van der Waals surface area (Å²) < 4.78 is 0. The first-order valence-corrected chi connectivity index (χ1v) is 9.43. The third-order valence-electron chi connectivity index (χ3n) is 5.42. The van der Waals surface area contributed by atoms with Crippen molar-refractivity contribution in [3.8, 4) is 0 Å². The maximum Gasteiger partial charge on any atom is 0.328 e. The number of amides is 3. The largest absolute Gasteiger partial charge is 0.328 e. The lowest BCUT2D eigenvalue weighted by molar-refractivity contribution is -0.136. The molecule has 3 heterocycles. The number of guanidine groups is 1. The molecule has 1 fully saturated rings. The number of aryl methyl sites for hydroxylation is 1. The highest BCUT2D eigenvalue weighted by Crippen LogP contribution is 2.36. The summed E-state index contributed by atoms with van der Waals surface area (Å²) >= 11 is 0. The molecule has 7 heteroatoms. The van der Waals surface area contributed by atoms with E-state index in [9.17, 15) is 9.59 Å². The second-order valence-electron chi connectivity index (χ2n) is 7.37. The number of urea groups is 1. The van der Waals surface area contributed by atoms with Crippen molar-refractivity contribution in [2.24, 2.45) is 4.99 Å². The molecule has 0 bridgehead atoms. The van der Waals surface area contributed by atoms with Crippen LogP contribution < -0.4 is 4.90 Å². The van der Waals surface area contributed by atoms with E-state index in [1.165, 1.54) is 10.5 Å². The van der Waals surface area contributed by atoms with Crippen LogP contribution in [0.5, 0.6) is 0 Å². The van der Waals surface area contributed by atoms with Crippen molar-refractivity contribution < 1.29 is 9.59 Å². The van der Waals surface area contributed by atoms with Crippen molar-refractivity contribution in [3.05, 3.63) is 41.7 Å². The molecule has 1 aromatic rings. The number of hydrogen-bond donors (Lipinski definition) is 0. The molecule has 0 saturated carbocycles. The predicted octanol–water partition coefficient (Wildman–Crippen LogP) is 2.74. The predicted molar refractivity (Wildman–Crippen MR) is 104 cm³/mol. The number of carbonyl (C=O) groups excluding carboxylic acids is 2. The molecule has 1 aromatic carbocycles. The van der Waals surface area contributed by atoms with Crippen LogP contribution in [-0.2, 0) is 4.79 Å². The van der Waals surface area contributed by atoms with E-state index in [2.05, 4.69) is 19.1 Å². The average Bonchev–Trinajstić information content (AvgIpc) is 3.15. The summed E-state index contributed by atoms with van der Waals surface area (Å²) in [7, 11) is 1.73. The molecule has 0 aliphatic carbocycles. The van der Waals surface area contributed by atoms with Crippen molar-refractivity contribution in [3.63, 3.8) is 0 Å². The van der Waals surface area contributed by atoms with Gasteiger partial charge in [-0.15, -0.1) is 0 Å². The average molecular weight is 367 g/mol. The Balaban J connectivity index is 1.68. The third-order valence-corrected chi connectivity index (χ3v) is 5.42. The number of allylic oxidation sites excluding steroid dienone is 1. The van der Waals surface area contributed by atoms with Crippen LogP contribution in [0.25, 0.3) is 0 Å². The first-order valence-electron chi connectivity index (χ1n) is 9.43. The Morgan fingerprint density at radius 1 is 1.11 bits per heavy atom. The highest BCUT2D eigenvalue weighted by Gasteiger charge is 2.54. The highest BCUT2D eigenvalue weighted by atomic mass is 16.2. The van der Waals surface area contributed by atoms with E-state index in [0.29, 0.717) is 12.5 Å². The standard InChI is InChI=1S/C20H25N5O2/c1-5-6-11-23-18(26)16-17(22(4)20(23)27)21-19-24(16)12-14(3)25(19)15-9-7-13(2)8-10-15/h7-10,12,16-17H,5-6,11H2,1-4H3. The zero-order valence-electron chi connectivity index (χ0n) is 16.2. The number of unbranched alkanes of at least 4 members (excludes halogenated alkanes) is 1. The van der Waals surface area contributed by atoms with Crippen molar-refractivity contribution in [1.29, 1.82) is 0 Å². The minimum absolute atomic E-state index is 0.162. The highest BCUT2D eigenvalue weighted by molar-refractivity contribution is 6.09. The van der Waals surface area contributed by atoms with Crippen LogP contribution in [0.1, 0.15) is 32.3 Å². The summed E-state index contributed by atoms with van der Waals surface area (Å²) in [5.41, 5.74) is 3.19. The Kier molecular flexibility index (Phi) is 4.17. The number of rotatable bonds is 4. The van der Waals surface area contributed by atoms with E-state index in [1.54, 1.807) is 11.9 Å². The monoisotopic (exact) mass is 367 g/mol. The second-order valence-corrected chi connectivity index (χ2v) is 7.37. The second kappa shape index (κ2) is 6.40. The van der Waals surface area contributed by atoms with Crippen LogP contribution in [0.2, 0.25) is 0 Å². The van der Waals surface area contributed by atoms with Crippen LogP contribution >= 0.6 is 0 Å². The van der Waals surface area contributed by atoms with Crippen molar-refractivity contribution in [2.45, 2.75) is 45.8 Å². The van der Waals surface area contributed by atoms with E-state index in [1.807, 2.05) is 42.0 Å². The van der Waals surface area contributed by atoms with Crippen molar-refractivity contribution in [1.82, 2.24) is 14.7 Å². The van der Waals surface area contributed by atoms with Gasteiger partial charge in [-0.1, -0.05) is 31.0 Å². The molecule has 3 aliphatic heterocycles. The summed E-state index contributed by atoms with van der Waals surface area (Å²) in [5.74, 6) is 0.543. The summed E-state index contributed by atoms with van der Waals surface area (Å²) in [4.78, 5) is 37.5. The smallest absolute Gasteiger partial charge is 0.302 e. The van der Waals surface area contributed by atoms with Gasteiger partial charge >= 0.3 is 6.03 Å². The lowest BCUT2D eigenvalue weighted by atomic mass is 10.1. The van der Waals surface area contributed by atoms with Gasteiger partial charge in [0.05, 0.1) is 0 Å². The maximum absolute atomic E-state index is 13.1. The van der Waals surface area contributed by atoms with Crippen LogP contribution in [0.3, 0.4) is 0 Å². The van der Waals surface area contributed by atoms with Gasteiger partial charge in [0.25, 0.3) is 5.91 Å². The zero-order valence-corrected chi connectivity index (χ0v) is 16.2. The van der Waals surface area contributed by atoms with Gasteiger partial charge in [0.1, 0.15) is 0 Å². The molecule has 2 unspecified atom stereocenters. The third kappa shape index (κ3) is 2.60. The van der Waals surface area contributed by atoms with Gasteiger partial charge in [-0.3, -0.25) is 14.6 Å². The fourth-order valence-electron chi connectivity index (χ4n) is 3.89. The molecule has 0 N–H and O–H groups in total. The number of fused-ring (bicyclic) bond motifs is 3. The van der Waals surface area contributed by atoms with Gasteiger partial charge in [-0.2, -0.15) is 0 Å². The lowest BCUT2D eigenvalue weighted by Crippen LogP contribution is -2.64. The van der Waals surface area contributed by atoms with E-state index in [-0.39, 0.29) is 11.9 Å². The number of imide groups is 1. The van der Waals surface area contributed by atoms with Gasteiger partial charge in [0.15, 0.2) is 12.2 Å². The number of benzene rings is 1. The summed E-state index contributed by atoms with van der Waals surface area (Å²) in [6, 6.07) is 7.45. The molecule has 27 heavy (non-hydrogen) atoms. The van der Waals surface area contributed by atoms with Gasteiger partial charge in [-0.05, 0) is 32.4 Å². The summed E-state index contributed by atoms with van der Waals surface area (Å²) in [6.07, 6.45) is 3.21. The van der Waals surface area contributed by atoms with Crippen molar-refractivity contribution >= 4 is 23.6 Å². The van der Waals surface area contributed by atoms with Gasteiger partial charge in [-0.25, -0.2) is 9.79 Å². The molecule has 2 atom stereocenters. The number of likely N-dealkylation sites (N-methyl/N-ethyl adjacent to an activating group) is 1. The van der Waals surface area contributed by atoms with Gasteiger partial charge < -0.3 is 9.80 Å². The van der Waals surface area contributed by atoms with Crippen LogP contribution in [0.15, 0.2) is 41.2 Å². The lowest BCUT2D eigenvalue weighted by Gasteiger charge is -2.40. The normalized spacial score (nSPS) is 24.3. The Morgan fingerprint density at radius 3 is 2.48 bits per heavy atom. The first kappa shape index (κ1) is 17.6. The minimum Gasteiger partial charge on any atom is -0.302 e. The fourth-order valence-corrected chi connectivity index (χ4v) is 3.89. The van der Waals surface area contributed by atoms with Crippen LogP contribution in [0, 0.1) is 6.92 Å². The molecule has 0 spiro atoms. The molecule has 3 amide bonds. The molecule has 4 rings (SSSR count). The van der Waals surface area contributed by atoms with E-state index in [0.717, 1.165) is 24.2 Å². The molecular formula is C20H25N5O2. The Bertz CT molecular complexity index is 844. The Morgan fingerprint density at radius 2 is 1.81 bits per heavy atom. The summed E-state index contributed by atoms with van der Waals surface area (Å²) in [5, 5.41) is 0. The van der Waals surface area contributed by atoms with Gasteiger partial charge in [0, 0.05) is 31.2 Å². The topological polar surface area (TPSA) is 59.5 Å². The molecule has 3 aliphatic rings. The van der Waals surface area contributed by atoms with E-state index >= 15 is 0 Å². The van der Waals surface area contributed by atoms with Crippen molar-refractivity contribution in [2.75, 3.05) is 18.5 Å². The minimum atomic E-state index is -0.495. The quantitative estimate of drug-likeness (QED) is 0.821. The molecule has 1 saturated heterocycles. The Hall–Kier alpha value is -2.83. The van der Waals surface area contributed by atoms with Crippen LogP contribution in [-0.4, -0.2) is 58.4 Å². The number of anilines is 1. The molecule has 0 aromatic heterocycles. The van der Waals surface area contributed by atoms with Gasteiger partial charge in [0.2, 0.25) is 5.96 Å². The fraction of sp³-hybridized carbons (Fsp3) is 0.450. The maximum atomic E-state index is 13.1. The number of hydrogen-bond acceptors (Lipinski definition) is 5. The number of carbonyl (C=O) groups is 2. The molecular weight excluding hydrogens is 342 g/mol. The SMILES string of the molecule is CCCCN1C(=O)C2C(N=C3N(c4ccc(C)cc4)C(C)=CN32)N(C)C1=O. The van der Waals surface area contributed by atoms with E-state index < -0.39 is 12.2 Å². The first-order chi connectivity index (χ1) is 12.9. The number of aliphatic imine (C=N–C) groups is 1. The van der Waals surface area contributed by atoms with Crippen LogP contribution in [0.4, 0.5) is 10.5 Å². The Labute approximate surface area is 159 Å².